The zero-order chi connectivity index (χ0) is 25.9. The van der Waals surface area contributed by atoms with Gasteiger partial charge in [-0.1, -0.05) is 100 Å². The van der Waals surface area contributed by atoms with Gasteiger partial charge in [-0.05, 0) is 30.0 Å². The Hall–Kier alpha value is -3.44. The third-order valence-electron chi connectivity index (χ3n) is 6.51. The van der Waals surface area contributed by atoms with Gasteiger partial charge in [-0.2, -0.15) is 13.2 Å². The van der Waals surface area contributed by atoms with E-state index in [1.165, 1.54) is 28.9 Å². The number of alkyl halides is 3. The second-order valence-electron chi connectivity index (χ2n) is 9.71. The first-order valence-electron chi connectivity index (χ1n) is 12.3. The van der Waals surface area contributed by atoms with Crippen LogP contribution in [0.3, 0.4) is 0 Å². The van der Waals surface area contributed by atoms with E-state index in [1.807, 2.05) is 36.4 Å². The zero-order valence-electron chi connectivity index (χ0n) is 21.1. The molecule has 1 heterocycles. The molecule has 36 heavy (non-hydrogen) atoms. The maximum Gasteiger partial charge on any atom is 0.417 e. The number of halogens is 3. The minimum Gasteiger partial charge on any atom is -0.302 e. The molecule has 1 unspecified atom stereocenters. The Morgan fingerprint density at radius 2 is 1.25 bits per heavy atom. The van der Waals surface area contributed by atoms with Crippen LogP contribution in [-0.4, -0.2) is 4.98 Å². The molecule has 1 aromatic heterocycles. The number of pyridine rings is 1. The number of aromatic nitrogens is 1. The first-order chi connectivity index (χ1) is 17.2. The number of nitrogens with two attached hydrogens (primary N) is 1. The van der Waals surface area contributed by atoms with E-state index in [0.717, 1.165) is 11.6 Å². The van der Waals surface area contributed by atoms with Crippen molar-refractivity contribution in [1.82, 2.24) is 4.98 Å². The standard InChI is InChI=1S/C31H31F3N2/c1-20(2)23-15-10-16-24(21(3)4)30(23)36-29(22-12-6-5-7-13-22)28-19-11-18-27(35-28)25-14-8-9-17-26(25)31(32,33)34/h5-21,29,36H,1-4H3/p+1. The summed E-state index contributed by atoms with van der Waals surface area (Å²) in [6.07, 6.45) is -4.46. The third kappa shape index (κ3) is 5.52. The van der Waals surface area contributed by atoms with Crippen molar-refractivity contribution in [1.29, 1.82) is 0 Å². The van der Waals surface area contributed by atoms with Crippen molar-refractivity contribution in [2.24, 2.45) is 0 Å². The number of rotatable bonds is 7. The molecule has 0 saturated carbocycles. The Morgan fingerprint density at radius 3 is 1.86 bits per heavy atom. The van der Waals surface area contributed by atoms with E-state index in [9.17, 15) is 13.2 Å². The summed E-state index contributed by atoms with van der Waals surface area (Å²) in [4.78, 5) is 4.81. The first kappa shape index (κ1) is 25.6. The SMILES string of the molecule is CC(C)c1cccc(C(C)C)c1[NH2+]C(c1ccccc1)c1cccc(-c2ccccc2C(F)(F)F)n1. The van der Waals surface area contributed by atoms with Gasteiger partial charge < -0.3 is 5.32 Å². The van der Waals surface area contributed by atoms with Crippen LogP contribution in [0.1, 0.15) is 73.5 Å². The second-order valence-corrected chi connectivity index (χ2v) is 9.71. The Kier molecular flexibility index (Phi) is 7.60. The average molecular weight is 490 g/mol. The zero-order valence-corrected chi connectivity index (χ0v) is 21.1. The number of para-hydroxylation sites is 1. The monoisotopic (exact) mass is 489 g/mol. The molecule has 0 bridgehead atoms. The molecule has 0 aliphatic rings. The Labute approximate surface area is 211 Å². The van der Waals surface area contributed by atoms with E-state index in [-0.39, 0.29) is 11.6 Å². The van der Waals surface area contributed by atoms with Gasteiger partial charge in [0.15, 0.2) is 6.04 Å². The van der Waals surface area contributed by atoms with Gasteiger partial charge in [-0.15, -0.1) is 0 Å². The molecule has 4 rings (SSSR count). The van der Waals surface area contributed by atoms with E-state index in [0.29, 0.717) is 23.2 Å². The van der Waals surface area contributed by atoms with Crippen LogP contribution in [0.15, 0.2) is 91.0 Å². The van der Waals surface area contributed by atoms with Gasteiger partial charge in [-0.25, -0.2) is 4.98 Å². The summed E-state index contributed by atoms with van der Waals surface area (Å²) in [6, 6.07) is 27.2. The lowest BCUT2D eigenvalue weighted by Crippen LogP contribution is -2.80. The number of hydrogen-bond donors (Lipinski definition) is 1. The van der Waals surface area contributed by atoms with E-state index in [1.54, 1.807) is 18.2 Å². The summed E-state index contributed by atoms with van der Waals surface area (Å²) in [6.45, 7) is 8.73. The number of quaternary nitrogens is 1. The van der Waals surface area contributed by atoms with Crippen molar-refractivity contribution < 1.29 is 18.5 Å². The quantitative estimate of drug-likeness (QED) is 0.262. The summed E-state index contributed by atoms with van der Waals surface area (Å²) in [5.74, 6) is 0.647. The molecule has 0 fully saturated rings. The van der Waals surface area contributed by atoms with Crippen molar-refractivity contribution >= 4 is 5.69 Å². The molecule has 1 atom stereocenters. The normalized spacial score (nSPS) is 12.8. The van der Waals surface area contributed by atoms with Crippen LogP contribution in [-0.2, 0) is 6.18 Å². The molecule has 4 aromatic rings. The van der Waals surface area contributed by atoms with E-state index >= 15 is 0 Å². The van der Waals surface area contributed by atoms with Crippen LogP contribution in [0, 0.1) is 0 Å². The Bertz CT molecular complexity index is 1280. The number of hydrogen-bond acceptors (Lipinski definition) is 1. The largest absolute Gasteiger partial charge is 0.417 e. The fourth-order valence-corrected chi connectivity index (χ4v) is 4.71. The maximum atomic E-state index is 13.8. The minimum atomic E-state index is -4.46. The lowest BCUT2D eigenvalue weighted by atomic mass is 9.91. The molecule has 5 heteroatoms. The van der Waals surface area contributed by atoms with Gasteiger partial charge in [0.05, 0.1) is 11.3 Å². The molecule has 0 spiro atoms. The molecule has 0 radical (unpaired) electrons. The van der Waals surface area contributed by atoms with Gasteiger partial charge in [-0.3, -0.25) is 0 Å². The van der Waals surface area contributed by atoms with Crippen molar-refractivity contribution in [2.45, 2.75) is 51.7 Å². The molecular weight excluding hydrogens is 457 g/mol. The van der Waals surface area contributed by atoms with Crippen LogP contribution < -0.4 is 5.32 Å². The Balaban J connectivity index is 1.87. The molecule has 0 aliphatic heterocycles. The van der Waals surface area contributed by atoms with Crippen molar-refractivity contribution in [3.63, 3.8) is 0 Å². The highest BCUT2D eigenvalue weighted by molar-refractivity contribution is 5.64. The molecule has 0 saturated heterocycles. The summed E-state index contributed by atoms with van der Waals surface area (Å²) in [5, 5.41) is 2.24. The molecule has 0 amide bonds. The van der Waals surface area contributed by atoms with Crippen molar-refractivity contribution in [2.75, 3.05) is 0 Å². The van der Waals surface area contributed by atoms with Crippen LogP contribution in [0.25, 0.3) is 11.3 Å². The van der Waals surface area contributed by atoms with Gasteiger partial charge in [0, 0.05) is 22.3 Å². The predicted octanol–water partition coefficient (Wildman–Crippen LogP) is 8.00. The molecule has 2 nitrogen and oxygen atoms in total. The van der Waals surface area contributed by atoms with Gasteiger partial charge in [0.25, 0.3) is 0 Å². The summed E-state index contributed by atoms with van der Waals surface area (Å²) < 4.78 is 41.3. The van der Waals surface area contributed by atoms with Gasteiger partial charge >= 0.3 is 6.18 Å². The lowest BCUT2D eigenvalue weighted by molar-refractivity contribution is -0.609. The summed E-state index contributed by atoms with van der Waals surface area (Å²) in [7, 11) is 0. The number of benzene rings is 3. The highest BCUT2D eigenvalue weighted by atomic mass is 19.4. The lowest BCUT2D eigenvalue weighted by Gasteiger charge is -2.22. The van der Waals surface area contributed by atoms with Crippen LogP contribution >= 0.6 is 0 Å². The summed E-state index contributed by atoms with van der Waals surface area (Å²) >= 11 is 0. The second kappa shape index (κ2) is 10.7. The van der Waals surface area contributed by atoms with Crippen LogP contribution in [0.4, 0.5) is 18.9 Å². The van der Waals surface area contributed by atoms with E-state index in [4.69, 9.17) is 4.98 Å². The minimum absolute atomic E-state index is 0.0871. The highest BCUT2D eigenvalue weighted by Gasteiger charge is 2.34. The molecule has 2 N–H and O–H groups in total. The average Bonchev–Trinajstić information content (AvgIpc) is 2.87. The smallest absolute Gasteiger partial charge is 0.302 e. The molecular formula is C31H32F3N2+. The van der Waals surface area contributed by atoms with Crippen LogP contribution in [0.2, 0.25) is 0 Å². The predicted molar refractivity (Wildman–Crippen MR) is 139 cm³/mol. The summed E-state index contributed by atoms with van der Waals surface area (Å²) in [5.41, 5.74) is 5.16. The van der Waals surface area contributed by atoms with Crippen molar-refractivity contribution in [3.05, 3.63) is 119 Å². The maximum absolute atomic E-state index is 13.8. The third-order valence-corrected chi connectivity index (χ3v) is 6.51. The van der Waals surface area contributed by atoms with Crippen molar-refractivity contribution in [3.8, 4) is 11.3 Å². The fraction of sp³-hybridized carbons (Fsp3) is 0.258. The van der Waals surface area contributed by atoms with E-state index < -0.39 is 11.7 Å². The molecule has 0 aliphatic carbocycles. The fourth-order valence-electron chi connectivity index (χ4n) is 4.71. The first-order valence-corrected chi connectivity index (χ1v) is 12.3. The van der Waals surface area contributed by atoms with Gasteiger partial charge in [0.2, 0.25) is 0 Å². The van der Waals surface area contributed by atoms with Crippen LogP contribution in [0.5, 0.6) is 0 Å². The van der Waals surface area contributed by atoms with Gasteiger partial charge in [0.1, 0.15) is 11.4 Å². The van der Waals surface area contributed by atoms with E-state index in [2.05, 4.69) is 51.2 Å². The number of nitrogens with zero attached hydrogens (tertiary/aromatic N) is 1. The Morgan fingerprint density at radius 1 is 0.667 bits per heavy atom. The topological polar surface area (TPSA) is 29.5 Å². The highest BCUT2D eigenvalue weighted by Crippen LogP contribution is 2.37. The molecule has 186 valence electrons. The molecule has 3 aromatic carbocycles.